The van der Waals surface area contributed by atoms with Crippen molar-refractivity contribution in [1.82, 2.24) is 10.2 Å². The molecule has 196 valence electrons. The standard InChI is InChI=1S/C28H31Cl2N3O3S/c1-21-8-11-25(12-9-21)37(35,36)33(24-10-13-26(29)27(30)17-24)20-28(34)31-18-22-6-5-7-23(16-22)19-32-14-3-2-4-15-32/h5-13,16-17H,2-4,14-15,18-20H2,1H3,(H,31,34). The summed E-state index contributed by atoms with van der Waals surface area (Å²) in [5.74, 6) is -0.428. The molecule has 1 N–H and O–H groups in total. The minimum absolute atomic E-state index is 0.0855. The second kappa shape index (κ2) is 12.3. The predicted octanol–water partition coefficient (Wildman–Crippen LogP) is 5.80. The first-order chi connectivity index (χ1) is 17.7. The number of aryl methyl sites for hydroxylation is 1. The first kappa shape index (κ1) is 27.5. The number of carbonyl (C=O) groups is 1. The maximum atomic E-state index is 13.5. The zero-order valence-electron chi connectivity index (χ0n) is 20.8. The summed E-state index contributed by atoms with van der Waals surface area (Å²) < 4.78 is 28.2. The summed E-state index contributed by atoms with van der Waals surface area (Å²) in [6, 6.07) is 19.1. The fourth-order valence-electron chi connectivity index (χ4n) is 4.39. The molecule has 0 radical (unpaired) electrons. The summed E-state index contributed by atoms with van der Waals surface area (Å²) in [5.41, 5.74) is 3.35. The highest BCUT2D eigenvalue weighted by atomic mass is 35.5. The summed E-state index contributed by atoms with van der Waals surface area (Å²) in [7, 11) is -4.04. The van der Waals surface area contributed by atoms with Crippen LogP contribution < -0.4 is 9.62 Å². The second-order valence-corrected chi connectivity index (χ2v) is 12.0. The zero-order chi connectivity index (χ0) is 26.4. The number of sulfonamides is 1. The molecule has 1 saturated heterocycles. The van der Waals surface area contributed by atoms with E-state index in [0.717, 1.165) is 35.1 Å². The molecular formula is C28H31Cl2N3O3S. The van der Waals surface area contributed by atoms with Gasteiger partial charge in [-0.3, -0.25) is 14.0 Å². The van der Waals surface area contributed by atoms with Crippen LogP contribution in [0.15, 0.2) is 71.6 Å². The molecule has 0 aromatic heterocycles. The Labute approximate surface area is 229 Å². The van der Waals surface area contributed by atoms with Crippen molar-refractivity contribution in [3.05, 3.63) is 93.5 Å². The number of halogens is 2. The van der Waals surface area contributed by atoms with Crippen molar-refractivity contribution in [3.8, 4) is 0 Å². The Balaban J connectivity index is 1.49. The molecule has 3 aromatic carbocycles. The highest BCUT2D eigenvalue weighted by molar-refractivity contribution is 7.92. The zero-order valence-corrected chi connectivity index (χ0v) is 23.1. The van der Waals surface area contributed by atoms with Gasteiger partial charge in [-0.2, -0.15) is 0 Å². The van der Waals surface area contributed by atoms with E-state index in [1.807, 2.05) is 19.1 Å². The molecule has 0 saturated carbocycles. The van der Waals surface area contributed by atoms with Gasteiger partial charge in [0.2, 0.25) is 5.91 Å². The van der Waals surface area contributed by atoms with Gasteiger partial charge < -0.3 is 5.32 Å². The van der Waals surface area contributed by atoms with Crippen molar-refractivity contribution in [1.29, 1.82) is 0 Å². The lowest BCUT2D eigenvalue weighted by Crippen LogP contribution is -2.40. The molecule has 1 aliphatic rings. The number of hydrogen-bond acceptors (Lipinski definition) is 4. The normalized spacial score (nSPS) is 14.4. The van der Waals surface area contributed by atoms with Gasteiger partial charge >= 0.3 is 0 Å². The maximum Gasteiger partial charge on any atom is 0.264 e. The number of rotatable bonds is 9. The fourth-order valence-corrected chi connectivity index (χ4v) is 6.10. The van der Waals surface area contributed by atoms with Crippen LogP contribution in [0.1, 0.15) is 36.0 Å². The van der Waals surface area contributed by atoms with E-state index in [1.54, 1.807) is 12.1 Å². The van der Waals surface area contributed by atoms with Gasteiger partial charge in [-0.05, 0) is 74.3 Å². The van der Waals surface area contributed by atoms with Crippen LogP contribution in [0.5, 0.6) is 0 Å². The van der Waals surface area contributed by atoms with Crippen molar-refractivity contribution >= 4 is 44.8 Å². The number of carbonyl (C=O) groups excluding carboxylic acids is 1. The van der Waals surface area contributed by atoms with Crippen molar-refractivity contribution in [2.45, 2.75) is 44.2 Å². The monoisotopic (exact) mass is 559 g/mol. The van der Waals surface area contributed by atoms with Crippen LogP contribution in [-0.2, 0) is 27.9 Å². The third-order valence-electron chi connectivity index (χ3n) is 6.42. The van der Waals surface area contributed by atoms with Gasteiger partial charge in [-0.15, -0.1) is 0 Å². The number of anilines is 1. The second-order valence-electron chi connectivity index (χ2n) is 9.36. The molecule has 0 bridgehead atoms. The van der Waals surface area contributed by atoms with Crippen molar-refractivity contribution in [2.24, 2.45) is 0 Å². The number of nitrogens with one attached hydrogen (secondary N) is 1. The van der Waals surface area contributed by atoms with Gasteiger partial charge in [0.05, 0.1) is 20.6 Å². The molecule has 6 nitrogen and oxygen atoms in total. The lowest BCUT2D eigenvalue weighted by molar-refractivity contribution is -0.119. The number of benzene rings is 3. The third-order valence-corrected chi connectivity index (χ3v) is 8.95. The van der Waals surface area contributed by atoms with Gasteiger partial charge in [0.15, 0.2) is 0 Å². The summed E-state index contributed by atoms with van der Waals surface area (Å²) in [4.78, 5) is 15.5. The molecule has 3 aromatic rings. The highest BCUT2D eigenvalue weighted by Gasteiger charge is 2.27. The summed E-state index contributed by atoms with van der Waals surface area (Å²) in [6.07, 6.45) is 3.76. The van der Waals surface area contributed by atoms with E-state index in [-0.39, 0.29) is 15.6 Å². The van der Waals surface area contributed by atoms with Crippen LogP contribution in [0.25, 0.3) is 0 Å². The molecule has 0 unspecified atom stereocenters. The van der Waals surface area contributed by atoms with Crippen molar-refractivity contribution in [2.75, 3.05) is 23.9 Å². The van der Waals surface area contributed by atoms with E-state index in [2.05, 4.69) is 22.3 Å². The Morgan fingerprint density at radius 1 is 0.919 bits per heavy atom. The summed E-state index contributed by atoms with van der Waals surface area (Å²) >= 11 is 12.2. The molecule has 1 heterocycles. The molecule has 0 aliphatic carbocycles. The van der Waals surface area contributed by atoms with Gasteiger partial charge in [0.25, 0.3) is 10.0 Å². The van der Waals surface area contributed by atoms with E-state index in [9.17, 15) is 13.2 Å². The Morgan fingerprint density at radius 2 is 1.62 bits per heavy atom. The van der Waals surface area contributed by atoms with Gasteiger partial charge in [0.1, 0.15) is 6.54 Å². The summed E-state index contributed by atoms with van der Waals surface area (Å²) in [5, 5.41) is 3.37. The van der Waals surface area contributed by atoms with Crippen LogP contribution in [-0.4, -0.2) is 38.9 Å². The molecule has 1 aliphatic heterocycles. The minimum atomic E-state index is -4.04. The van der Waals surface area contributed by atoms with Crippen molar-refractivity contribution in [3.63, 3.8) is 0 Å². The average molecular weight is 561 g/mol. The lowest BCUT2D eigenvalue weighted by Gasteiger charge is -2.26. The average Bonchev–Trinajstić information content (AvgIpc) is 2.89. The summed E-state index contributed by atoms with van der Waals surface area (Å²) in [6.45, 7) is 4.89. The number of amides is 1. The van der Waals surface area contributed by atoms with E-state index >= 15 is 0 Å². The van der Waals surface area contributed by atoms with Gasteiger partial charge in [-0.25, -0.2) is 8.42 Å². The van der Waals surface area contributed by atoms with Crippen molar-refractivity contribution < 1.29 is 13.2 Å². The Bertz CT molecular complexity index is 1340. The first-order valence-electron chi connectivity index (χ1n) is 12.3. The molecule has 9 heteroatoms. The van der Waals surface area contributed by atoms with Crippen LogP contribution in [0.2, 0.25) is 10.0 Å². The number of hydrogen-bond donors (Lipinski definition) is 1. The molecular weight excluding hydrogens is 529 g/mol. The molecule has 1 amide bonds. The maximum absolute atomic E-state index is 13.5. The van der Waals surface area contributed by atoms with Gasteiger partial charge in [-0.1, -0.05) is 71.6 Å². The quantitative estimate of drug-likeness (QED) is 0.359. The lowest BCUT2D eigenvalue weighted by atomic mass is 10.1. The largest absolute Gasteiger partial charge is 0.350 e. The topological polar surface area (TPSA) is 69.7 Å². The number of likely N-dealkylation sites (tertiary alicyclic amines) is 1. The Kier molecular flexibility index (Phi) is 9.13. The van der Waals surface area contributed by atoms with Crippen LogP contribution in [0, 0.1) is 6.92 Å². The highest BCUT2D eigenvalue weighted by Crippen LogP contribution is 2.30. The predicted molar refractivity (Wildman–Crippen MR) is 150 cm³/mol. The SMILES string of the molecule is Cc1ccc(S(=O)(=O)N(CC(=O)NCc2cccc(CN3CCCCC3)c2)c2ccc(Cl)c(Cl)c2)cc1. The Morgan fingerprint density at radius 3 is 2.32 bits per heavy atom. The smallest absolute Gasteiger partial charge is 0.264 e. The molecule has 0 spiro atoms. The van der Waals surface area contributed by atoms with E-state index < -0.39 is 22.5 Å². The molecule has 1 fully saturated rings. The minimum Gasteiger partial charge on any atom is -0.350 e. The van der Waals surface area contributed by atoms with Crippen LogP contribution >= 0.6 is 23.2 Å². The first-order valence-corrected chi connectivity index (χ1v) is 14.5. The third kappa shape index (κ3) is 7.26. The fraction of sp³-hybridized carbons (Fsp3) is 0.321. The van der Waals surface area contributed by atoms with E-state index in [1.165, 1.54) is 55.2 Å². The molecule has 4 rings (SSSR count). The van der Waals surface area contributed by atoms with Gasteiger partial charge in [0, 0.05) is 13.1 Å². The van der Waals surface area contributed by atoms with E-state index in [0.29, 0.717) is 11.6 Å². The number of nitrogens with zero attached hydrogens (tertiary/aromatic N) is 2. The van der Waals surface area contributed by atoms with E-state index in [4.69, 9.17) is 23.2 Å². The Hall–Kier alpha value is -2.58. The number of piperidine rings is 1. The molecule has 37 heavy (non-hydrogen) atoms. The van der Waals surface area contributed by atoms with Crippen LogP contribution in [0.4, 0.5) is 5.69 Å². The molecule has 0 atom stereocenters. The van der Waals surface area contributed by atoms with Crippen LogP contribution in [0.3, 0.4) is 0 Å².